The summed E-state index contributed by atoms with van der Waals surface area (Å²) < 4.78 is 11.2. The van der Waals surface area contributed by atoms with Gasteiger partial charge >= 0.3 is 6.09 Å². The summed E-state index contributed by atoms with van der Waals surface area (Å²) in [4.78, 5) is 18.8. The van der Waals surface area contributed by atoms with Crippen LogP contribution in [0.15, 0.2) is 11.7 Å². The van der Waals surface area contributed by atoms with Gasteiger partial charge in [-0.15, -0.1) is 11.3 Å². The summed E-state index contributed by atoms with van der Waals surface area (Å²) in [6, 6.07) is -0.234. The molecule has 0 unspecified atom stereocenters. The zero-order valence-electron chi connectivity index (χ0n) is 13.7. The predicted molar refractivity (Wildman–Crippen MR) is 83.6 cm³/mol. The Labute approximate surface area is 135 Å². The van der Waals surface area contributed by atoms with E-state index in [9.17, 15) is 9.90 Å². The number of rotatable bonds is 3. The van der Waals surface area contributed by atoms with Crippen LogP contribution in [0.5, 0.6) is 0 Å². The van der Waals surface area contributed by atoms with Gasteiger partial charge < -0.3 is 14.6 Å². The van der Waals surface area contributed by atoms with Gasteiger partial charge in [0.05, 0.1) is 29.1 Å². The van der Waals surface area contributed by atoms with Gasteiger partial charge in [-0.2, -0.15) is 0 Å². The maximum atomic E-state index is 12.5. The maximum absolute atomic E-state index is 12.5. The molecule has 0 spiro atoms. The van der Waals surface area contributed by atoms with E-state index in [1.54, 1.807) is 16.6 Å². The average molecular weight is 328 g/mol. The van der Waals surface area contributed by atoms with E-state index in [-0.39, 0.29) is 6.04 Å². The van der Waals surface area contributed by atoms with Gasteiger partial charge in [0.1, 0.15) is 11.3 Å². The maximum Gasteiger partial charge on any atom is 0.412 e. The number of hydrogen-bond acceptors (Lipinski definition) is 6. The van der Waals surface area contributed by atoms with E-state index in [0.29, 0.717) is 13.0 Å². The zero-order valence-corrected chi connectivity index (χ0v) is 14.5. The molecule has 1 aromatic rings. The van der Waals surface area contributed by atoms with E-state index >= 15 is 0 Å². The molecule has 22 heavy (non-hydrogen) atoms. The Morgan fingerprint density at radius 3 is 2.86 bits per heavy atom. The number of carbonyl (C=O) groups is 1. The summed E-state index contributed by atoms with van der Waals surface area (Å²) in [7, 11) is 0. The fourth-order valence-electron chi connectivity index (χ4n) is 2.50. The normalized spacial score (nSPS) is 22.6. The summed E-state index contributed by atoms with van der Waals surface area (Å²) in [6.07, 6.45) is 0.954. The highest BCUT2D eigenvalue weighted by Gasteiger charge is 2.46. The number of carbonyl (C=O) groups excluding carboxylic acids is 1. The monoisotopic (exact) mass is 328 g/mol. The van der Waals surface area contributed by atoms with Gasteiger partial charge in [0.15, 0.2) is 0 Å². The van der Waals surface area contributed by atoms with Crippen LogP contribution < -0.4 is 0 Å². The summed E-state index contributed by atoms with van der Waals surface area (Å²) in [5.74, 6) is 0. The van der Waals surface area contributed by atoms with Crippen molar-refractivity contribution < 1.29 is 19.4 Å². The molecule has 0 saturated carbocycles. The van der Waals surface area contributed by atoms with Crippen LogP contribution in [0.4, 0.5) is 4.79 Å². The quantitative estimate of drug-likeness (QED) is 0.923. The van der Waals surface area contributed by atoms with Gasteiger partial charge in [-0.1, -0.05) is 0 Å². The van der Waals surface area contributed by atoms with Crippen molar-refractivity contribution in [2.45, 2.75) is 64.5 Å². The summed E-state index contributed by atoms with van der Waals surface area (Å²) in [5, 5.41) is 10.3. The number of hydrogen-bond donors (Lipinski definition) is 1. The Balaban J connectivity index is 2.11. The lowest BCUT2D eigenvalue weighted by Gasteiger charge is -2.35. The van der Waals surface area contributed by atoms with Crippen LogP contribution in [0.25, 0.3) is 0 Å². The van der Waals surface area contributed by atoms with Crippen molar-refractivity contribution >= 4 is 17.4 Å². The second-order valence-corrected chi connectivity index (χ2v) is 7.84. The van der Waals surface area contributed by atoms with Crippen molar-refractivity contribution in [2.75, 3.05) is 6.61 Å². The molecular weight excluding hydrogens is 304 g/mol. The predicted octanol–water partition coefficient (Wildman–Crippen LogP) is 2.94. The molecule has 1 aromatic heterocycles. The molecule has 0 bridgehead atoms. The lowest BCUT2D eigenvalue weighted by atomic mass is 10.1. The number of aromatic nitrogens is 1. The van der Waals surface area contributed by atoms with Gasteiger partial charge in [0.2, 0.25) is 0 Å². The lowest BCUT2D eigenvalue weighted by molar-refractivity contribution is -0.0637. The van der Waals surface area contributed by atoms with Crippen LogP contribution in [-0.4, -0.2) is 45.1 Å². The van der Waals surface area contributed by atoms with Crippen LogP contribution >= 0.6 is 11.3 Å². The van der Waals surface area contributed by atoms with E-state index in [1.165, 1.54) is 11.3 Å². The number of nitrogens with zero attached hydrogens (tertiary/aromatic N) is 2. The largest absolute Gasteiger partial charge is 0.444 e. The minimum Gasteiger partial charge on any atom is -0.444 e. The van der Waals surface area contributed by atoms with Crippen molar-refractivity contribution in [3.8, 4) is 0 Å². The molecule has 7 heteroatoms. The van der Waals surface area contributed by atoms with Gasteiger partial charge in [-0.25, -0.2) is 4.79 Å². The molecule has 2 rings (SSSR count). The van der Waals surface area contributed by atoms with Crippen molar-refractivity contribution in [3.05, 3.63) is 16.6 Å². The average Bonchev–Trinajstić information content (AvgIpc) is 2.94. The number of thiazole rings is 1. The van der Waals surface area contributed by atoms with Crippen molar-refractivity contribution in [3.63, 3.8) is 0 Å². The number of aliphatic hydroxyl groups is 1. The fourth-order valence-corrected chi connectivity index (χ4v) is 3.12. The minimum absolute atomic E-state index is 0.234. The Bertz CT molecular complexity index is 510. The molecule has 2 heterocycles. The molecule has 1 aliphatic rings. The first-order valence-corrected chi connectivity index (χ1v) is 8.21. The highest BCUT2D eigenvalue weighted by molar-refractivity contribution is 7.09. The van der Waals surface area contributed by atoms with Gasteiger partial charge in [0.25, 0.3) is 0 Å². The minimum atomic E-state index is -0.750. The van der Waals surface area contributed by atoms with Crippen LogP contribution in [-0.2, 0) is 9.47 Å². The summed E-state index contributed by atoms with van der Waals surface area (Å²) in [6.45, 7) is 9.52. The SMILES string of the molecule is CC(C)(C)OC(=O)N1[C@@H](C[C@H](O)c2cncs2)COC1(C)C. The van der Waals surface area contributed by atoms with Crippen molar-refractivity contribution in [2.24, 2.45) is 0 Å². The number of amides is 1. The molecule has 0 aromatic carbocycles. The summed E-state index contributed by atoms with van der Waals surface area (Å²) in [5.41, 5.74) is 0.357. The Morgan fingerprint density at radius 2 is 2.32 bits per heavy atom. The van der Waals surface area contributed by atoms with Crippen LogP contribution in [0, 0.1) is 0 Å². The van der Waals surface area contributed by atoms with Crippen LogP contribution in [0.1, 0.15) is 52.0 Å². The standard InChI is InChI=1S/C15H24N2O4S/c1-14(2,3)21-13(19)17-10(8-20-15(17,4)5)6-11(18)12-7-16-9-22-12/h7,9-11,18H,6,8H2,1-5H3/t10-,11-/m0/s1. The molecule has 124 valence electrons. The second kappa shape index (κ2) is 6.14. The van der Waals surface area contributed by atoms with Gasteiger partial charge in [-0.3, -0.25) is 9.88 Å². The van der Waals surface area contributed by atoms with Crippen molar-refractivity contribution in [1.82, 2.24) is 9.88 Å². The van der Waals surface area contributed by atoms with Gasteiger partial charge in [-0.05, 0) is 34.6 Å². The highest BCUT2D eigenvalue weighted by atomic mass is 32.1. The third-order valence-corrected chi connectivity index (χ3v) is 4.32. The van der Waals surface area contributed by atoms with Gasteiger partial charge in [0, 0.05) is 12.6 Å². The van der Waals surface area contributed by atoms with Crippen LogP contribution in [0.3, 0.4) is 0 Å². The second-order valence-electron chi connectivity index (χ2n) is 6.92. The molecule has 0 aliphatic carbocycles. The summed E-state index contributed by atoms with van der Waals surface area (Å²) >= 11 is 1.40. The molecule has 0 radical (unpaired) electrons. The third kappa shape index (κ3) is 3.97. The van der Waals surface area contributed by atoms with E-state index in [2.05, 4.69) is 4.98 Å². The first-order valence-electron chi connectivity index (χ1n) is 7.33. The Hall–Kier alpha value is -1.18. The molecule has 1 saturated heterocycles. The highest BCUT2D eigenvalue weighted by Crippen LogP contribution is 2.34. The topological polar surface area (TPSA) is 71.9 Å². The number of ether oxygens (including phenoxy) is 2. The zero-order chi connectivity index (χ0) is 16.5. The molecular formula is C15H24N2O4S. The molecule has 1 N–H and O–H groups in total. The molecule has 1 amide bonds. The molecule has 6 nitrogen and oxygen atoms in total. The van der Waals surface area contributed by atoms with E-state index in [0.717, 1.165) is 4.88 Å². The number of aliphatic hydroxyl groups excluding tert-OH is 1. The van der Waals surface area contributed by atoms with Crippen LogP contribution in [0.2, 0.25) is 0 Å². The van der Waals surface area contributed by atoms with Crippen molar-refractivity contribution in [1.29, 1.82) is 0 Å². The van der Waals surface area contributed by atoms with E-state index in [4.69, 9.17) is 9.47 Å². The fraction of sp³-hybridized carbons (Fsp3) is 0.733. The third-order valence-electron chi connectivity index (χ3n) is 3.44. The first-order chi connectivity index (χ1) is 10.1. The molecule has 1 fully saturated rings. The Kier molecular flexibility index (Phi) is 4.79. The molecule has 2 atom stereocenters. The Morgan fingerprint density at radius 1 is 1.64 bits per heavy atom. The lowest BCUT2D eigenvalue weighted by Crippen LogP contribution is -2.50. The molecule has 1 aliphatic heterocycles. The smallest absolute Gasteiger partial charge is 0.412 e. The van der Waals surface area contributed by atoms with E-state index < -0.39 is 23.5 Å². The first kappa shape index (κ1) is 17.2. The van der Waals surface area contributed by atoms with E-state index in [1.807, 2.05) is 34.6 Å².